The largest absolute Gasteiger partial charge is 0.480 e. The average Bonchev–Trinajstić information content (AvgIpc) is 2.88. The van der Waals surface area contributed by atoms with Crippen LogP contribution in [0, 0.1) is 0 Å². The highest BCUT2D eigenvalue weighted by Gasteiger charge is 2.35. The molecule has 0 aliphatic carbocycles. The van der Waals surface area contributed by atoms with E-state index in [1.165, 1.54) is 11.2 Å². The van der Waals surface area contributed by atoms with Crippen molar-refractivity contribution in [2.45, 2.75) is 18.9 Å². The van der Waals surface area contributed by atoms with Crippen LogP contribution in [-0.4, -0.2) is 34.5 Å². The second-order valence-electron chi connectivity index (χ2n) is 3.47. The molecule has 80 valence electrons. The Hall–Kier alpha value is -1.78. The van der Waals surface area contributed by atoms with Gasteiger partial charge in [-0.3, -0.25) is 4.79 Å². The number of amides is 1. The Morgan fingerprint density at radius 2 is 2.33 bits per heavy atom. The van der Waals surface area contributed by atoms with Gasteiger partial charge in [0.25, 0.3) is 5.91 Å². The smallest absolute Gasteiger partial charge is 0.326 e. The summed E-state index contributed by atoms with van der Waals surface area (Å²) < 4.78 is 4.95. The number of rotatable bonds is 2. The maximum Gasteiger partial charge on any atom is 0.326 e. The highest BCUT2D eigenvalue weighted by molar-refractivity contribution is 5.94. The average molecular weight is 209 g/mol. The molecule has 1 atom stereocenters. The van der Waals surface area contributed by atoms with Gasteiger partial charge in [0.1, 0.15) is 6.04 Å². The number of hydrogen-bond donors (Lipinski definition) is 1. The van der Waals surface area contributed by atoms with Gasteiger partial charge in [-0.15, -0.1) is 0 Å². The quantitative estimate of drug-likeness (QED) is 0.787. The maximum atomic E-state index is 11.8. The first-order valence-corrected chi connectivity index (χ1v) is 4.77. The second-order valence-corrected chi connectivity index (χ2v) is 3.47. The summed E-state index contributed by atoms with van der Waals surface area (Å²) in [7, 11) is 0. The Bertz CT molecular complexity index is 371. The van der Waals surface area contributed by atoms with Crippen molar-refractivity contribution in [1.82, 2.24) is 4.90 Å². The molecule has 1 saturated heterocycles. The molecule has 1 fully saturated rings. The molecule has 1 aromatic rings. The summed E-state index contributed by atoms with van der Waals surface area (Å²) in [5.74, 6) is -1.10. The summed E-state index contributed by atoms with van der Waals surface area (Å²) in [6, 6.07) is 2.45. The van der Waals surface area contributed by atoms with Crippen LogP contribution in [0.2, 0.25) is 0 Å². The fourth-order valence-electron chi connectivity index (χ4n) is 1.81. The summed E-state index contributed by atoms with van der Waals surface area (Å²) in [5.41, 5.74) is 0. The molecule has 15 heavy (non-hydrogen) atoms. The fourth-order valence-corrected chi connectivity index (χ4v) is 1.81. The summed E-state index contributed by atoms with van der Waals surface area (Å²) in [4.78, 5) is 24.0. The molecule has 0 aromatic carbocycles. The van der Waals surface area contributed by atoms with Crippen molar-refractivity contribution in [2.24, 2.45) is 0 Å². The van der Waals surface area contributed by atoms with E-state index in [0.29, 0.717) is 13.0 Å². The Kier molecular flexibility index (Phi) is 2.45. The predicted molar refractivity (Wildman–Crippen MR) is 50.4 cm³/mol. The van der Waals surface area contributed by atoms with E-state index in [2.05, 4.69) is 0 Å². The highest BCUT2D eigenvalue weighted by atomic mass is 16.4. The van der Waals surface area contributed by atoms with E-state index in [9.17, 15) is 9.59 Å². The Labute approximate surface area is 86.3 Å². The molecule has 2 rings (SSSR count). The van der Waals surface area contributed by atoms with Crippen molar-refractivity contribution in [3.8, 4) is 0 Å². The van der Waals surface area contributed by atoms with Crippen molar-refractivity contribution >= 4 is 11.9 Å². The Balaban J connectivity index is 2.17. The molecule has 1 aliphatic rings. The Morgan fingerprint density at radius 3 is 2.93 bits per heavy atom. The van der Waals surface area contributed by atoms with Crippen LogP contribution < -0.4 is 0 Å². The number of aliphatic carboxylic acids is 1. The first-order valence-electron chi connectivity index (χ1n) is 4.77. The van der Waals surface area contributed by atoms with Gasteiger partial charge in [0.05, 0.1) is 6.26 Å². The van der Waals surface area contributed by atoms with Crippen molar-refractivity contribution < 1.29 is 19.1 Å². The molecule has 5 nitrogen and oxygen atoms in total. The molecule has 0 radical (unpaired) electrons. The first-order chi connectivity index (χ1) is 7.20. The number of carbonyl (C=O) groups excluding carboxylic acids is 1. The maximum absolute atomic E-state index is 11.8. The lowest BCUT2D eigenvalue weighted by Crippen LogP contribution is -2.40. The van der Waals surface area contributed by atoms with Crippen molar-refractivity contribution in [2.75, 3.05) is 6.54 Å². The van der Waals surface area contributed by atoms with E-state index in [1.807, 2.05) is 0 Å². The normalized spacial score (nSPS) is 20.5. The summed E-state index contributed by atoms with van der Waals surface area (Å²) in [5, 5.41) is 8.91. The van der Waals surface area contributed by atoms with Gasteiger partial charge in [0.15, 0.2) is 5.76 Å². The van der Waals surface area contributed by atoms with Gasteiger partial charge in [0.2, 0.25) is 0 Å². The van der Waals surface area contributed by atoms with E-state index in [-0.39, 0.29) is 11.7 Å². The molecule has 1 aromatic heterocycles. The van der Waals surface area contributed by atoms with Crippen molar-refractivity contribution in [3.05, 3.63) is 24.2 Å². The third-order valence-corrected chi connectivity index (χ3v) is 2.53. The Morgan fingerprint density at radius 1 is 1.53 bits per heavy atom. The highest BCUT2D eigenvalue weighted by Crippen LogP contribution is 2.20. The lowest BCUT2D eigenvalue weighted by Gasteiger charge is -2.19. The zero-order chi connectivity index (χ0) is 10.8. The molecule has 1 amide bonds. The summed E-state index contributed by atoms with van der Waals surface area (Å²) >= 11 is 0. The van der Waals surface area contributed by atoms with Crippen LogP contribution in [0.5, 0.6) is 0 Å². The molecule has 0 bridgehead atoms. The van der Waals surface area contributed by atoms with Gasteiger partial charge in [-0.25, -0.2) is 4.79 Å². The minimum absolute atomic E-state index is 0.197. The molecule has 1 N–H and O–H groups in total. The van der Waals surface area contributed by atoms with E-state index < -0.39 is 12.0 Å². The standard InChI is InChI=1S/C10H11NO4/c12-9(8-4-2-6-15-8)11-5-1-3-7(11)10(13)14/h2,4,6-7H,1,3,5H2,(H,13,14)/t7-/m1/s1. The van der Waals surface area contributed by atoms with E-state index >= 15 is 0 Å². The van der Waals surface area contributed by atoms with Crippen LogP contribution in [0.3, 0.4) is 0 Å². The number of likely N-dealkylation sites (tertiary alicyclic amines) is 1. The lowest BCUT2D eigenvalue weighted by molar-refractivity contribution is -0.141. The number of nitrogens with zero attached hydrogens (tertiary/aromatic N) is 1. The van der Waals surface area contributed by atoms with Crippen LogP contribution in [0.25, 0.3) is 0 Å². The van der Waals surface area contributed by atoms with Crippen molar-refractivity contribution in [1.29, 1.82) is 0 Å². The van der Waals surface area contributed by atoms with Gasteiger partial charge in [-0.2, -0.15) is 0 Å². The zero-order valence-electron chi connectivity index (χ0n) is 8.05. The van der Waals surface area contributed by atoms with Crippen molar-refractivity contribution in [3.63, 3.8) is 0 Å². The van der Waals surface area contributed by atoms with Gasteiger partial charge in [-0.05, 0) is 25.0 Å². The minimum Gasteiger partial charge on any atom is -0.480 e. The van der Waals surface area contributed by atoms with Crippen LogP contribution >= 0.6 is 0 Å². The van der Waals surface area contributed by atoms with E-state index in [0.717, 1.165) is 6.42 Å². The minimum atomic E-state index is -0.951. The predicted octanol–water partition coefficient (Wildman–Crippen LogP) is 0.969. The molecular weight excluding hydrogens is 198 g/mol. The first kappa shape index (κ1) is 9.76. The third kappa shape index (κ3) is 1.72. The van der Waals surface area contributed by atoms with E-state index in [1.54, 1.807) is 12.1 Å². The monoisotopic (exact) mass is 209 g/mol. The van der Waals surface area contributed by atoms with Crippen LogP contribution in [0.15, 0.2) is 22.8 Å². The number of hydrogen-bond acceptors (Lipinski definition) is 3. The van der Waals surface area contributed by atoms with Gasteiger partial charge >= 0.3 is 5.97 Å². The molecule has 0 unspecified atom stereocenters. The molecule has 0 spiro atoms. The fraction of sp³-hybridized carbons (Fsp3) is 0.400. The SMILES string of the molecule is O=C(O)[C@H]1CCCN1C(=O)c1ccco1. The number of furan rings is 1. The third-order valence-electron chi connectivity index (χ3n) is 2.53. The topological polar surface area (TPSA) is 70.8 Å². The van der Waals surface area contributed by atoms with Crippen LogP contribution in [0.1, 0.15) is 23.4 Å². The molecule has 0 saturated carbocycles. The molecule has 5 heteroatoms. The molecule has 2 heterocycles. The number of carboxylic acids is 1. The lowest BCUT2D eigenvalue weighted by atomic mass is 10.2. The van der Waals surface area contributed by atoms with Gasteiger partial charge < -0.3 is 14.4 Å². The van der Waals surface area contributed by atoms with Crippen LogP contribution in [-0.2, 0) is 4.79 Å². The molecule has 1 aliphatic heterocycles. The summed E-state index contributed by atoms with van der Waals surface area (Å²) in [6.45, 7) is 0.483. The molecular formula is C10H11NO4. The summed E-state index contributed by atoms with van der Waals surface area (Å²) in [6.07, 6.45) is 2.64. The number of carboxylic acid groups (broad SMARTS) is 1. The van der Waals surface area contributed by atoms with Gasteiger partial charge in [-0.1, -0.05) is 0 Å². The van der Waals surface area contributed by atoms with E-state index in [4.69, 9.17) is 9.52 Å². The van der Waals surface area contributed by atoms with Crippen LogP contribution in [0.4, 0.5) is 0 Å². The zero-order valence-corrected chi connectivity index (χ0v) is 8.05. The second kappa shape index (κ2) is 3.76. The number of carbonyl (C=O) groups is 2. The van der Waals surface area contributed by atoms with Gasteiger partial charge in [0, 0.05) is 6.54 Å².